The van der Waals surface area contributed by atoms with Crippen LogP contribution >= 0.6 is 11.8 Å². The first-order valence-electron chi connectivity index (χ1n) is 8.30. The van der Waals surface area contributed by atoms with Crippen molar-refractivity contribution in [2.24, 2.45) is 0 Å². The molecular formula is C19H18FN3O3S. The first-order valence-corrected chi connectivity index (χ1v) is 9.29. The molecule has 0 saturated heterocycles. The molecule has 0 unspecified atom stereocenters. The summed E-state index contributed by atoms with van der Waals surface area (Å²) in [6.07, 6.45) is 1.05. The molecule has 0 aliphatic heterocycles. The summed E-state index contributed by atoms with van der Waals surface area (Å²) in [7, 11) is 1.63. The number of anilines is 1. The number of nitrogens with zero attached hydrogens (tertiary/aromatic N) is 2. The van der Waals surface area contributed by atoms with E-state index in [0.717, 1.165) is 16.4 Å². The summed E-state index contributed by atoms with van der Waals surface area (Å²) in [6, 6.07) is 13.5. The molecule has 6 nitrogen and oxygen atoms in total. The highest BCUT2D eigenvalue weighted by atomic mass is 32.2. The zero-order valence-electron chi connectivity index (χ0n) is 14.6. The molecule has 0 fully saturated rings. The Balaban J connectivity index is 1.42. The van der Waals surface area contributed by atoms with Gasteiger partial charge in [-0.1, -0.05) is 5.10 Å². The Hall–Kier alpha value is -2.87. The summed E-state index contributed by atoms with van der Waals surface area (Å²) in [5.41, 5.74) is 0.584. The number of benzene rings is 2. The molecule has 27 heavy (non-hydrogen) atoms. The third kappa shape index (κ3) is 5.55. The molecule has 1 aromatic heterocycles. The van der Waals surface area contributed by atoms with Crippen LogP contribution in [0.5, 0.6) is 5.75 Å². The number of carbonyl (C=O) groups is 1. The van der Waals surface area contributed by atoms with Crippen LogP contribution in [0.1, 0.15) is 12.8 Å². The van der Waals surface area contributed by atoms with Crippen LogP contribution in [0.3, 0.4) is 0 Å². The Morgan fingerprint density at radius 3 is 2.59 bits per heavy atom. The second-order valence-corrected chi connectivity index (χ2v) is 6.76. The maximum Gasteiger partial charge on any atom is 0.322 e. The fraction of sp³-hybridized carbons (Fsp3) is 0.211. The summed E-state index contributed by atoms with van der Waals surface area (Å²) in [4.78, 5) is 13.1. The quantitative estimate of drug-likeness (QED) is 0.456. The lowest BCUT2D eigenvalue weighted by molar-refractivity contribution is -0.116. The van der Waals surface area contributed by atoms with Gasteiger partial charge in [0.15, 0.2) is 0 Å². The number of ether oxygens (including phenoxy) is 1. The van der Waals surface area contributed by atoms with Crippen molar-refractivity contribution in [3.8, 4) is 17.2 Å². The number of methoxy groups -OCH3 is 1. The molecule has 0 aliphatic carbocycles. The van der Waals surface area contributed by atoms with Gasteiger partial charge in [0.2, 0.25) is 11.8 Å². The van der Waals surface area contributed by atoms with Crippen LogP contribution in [0, 0.1) is 5.82 Å². The van der Waals surface area contributed by atoms with Crippen LogP contribution in [0.25, 0.3) is 11.5 Å². The van der Waals surface area contributed by atoms with E-state index in [0.29, 0.717) is 18.4 Å². The number of amides is 1. The van der Waals surface area contributed by atoms with E-state index < -0.39 is 0 Å². The molecule has 1 N–H and O–H groups in total. The van der Waals surface area contributed by atoms with E-state index in [-0.39, 0.29) is 23.6 Å². The minimum Gasteiger partial charge on any atom is -0.497 e. The standard InChI is InChI=1S/C19H18FN3O3S/c1-25-15-8-10-16(11-9-15)27-12-2-3-17(24)21-19-23-22-18(26-19)13-4-6-14(20)7-5-13/h4-11H,2-3,12H2,1H3,(H,21,23,24). The Morgan fingerprint density at radius 1 is 1.15 bits per heavy atom. The highest BCUT2D eigenvalue weighted by Crippen LogP contribution is 2.23. The van der Waals surface area contributed by atoms with Gasteiger partial charge in [-0.25, -0.2) is 4.39 Å². The third-order valence-corrected chi connectivity index (χ3v) is 4.74. The summed E-state index contributed by atoms with van der Waals surface area (Å²) < 4.78 is 23.4. The molecule has 2 aromatic carbocycles. The van der Waals surface area contributed by atoms with Crippen molar-refractivity contribution in [1.82, 2.24) is 10.2 Å². The Bertz CT molecular complexity index is 882. The highest BCUT2D eigenvalue weighted by molar-refractivity contribution is 7.99. The van der Waals surface area contributed by atoms with Crippen LogP contribution in [0.4, 0.5) is 10.4 Å². The average molecular weight is 387 g/mol. The molecule has 0 aliphatic rings. The predicted molar refractivity (Wildman–Crippen MR) is 101 cm³/mol. The Kier molecular flexibility index (Phi) is 6.43. The van der Waals surface area contributed by atoms with Crippen molar-refractivity contribution < 1.29 is 18.3 Å². The summed E-state index contributed by atoms with van der Waals surface area (Å²) >= 11 is 1.67. The topological polar surface area (TPSA) is 77.2 Å². The number of hydrogen-bond acceptors (Lipinski definition) is 6. The molecule has 0 atom stereocenters. The predicted octanol–water partition coefficient (Wildman–Crippen LogP) is 4.40. The normalized spacial score (nSPS) is 10.6. The number of nitrogens with one attached hydrogen (secondary N) is 1. The van der Waals surface area contributed by atoms with Crippen molar-refractivity contribution in [3.05, 3.63) is 54.3 Å². The number of aromatic nitrogens is 2. The summed E-state index contributed by atoms with van der Waals surface area (Å²) in [5.74, 6) is 1.31. The van der Waals surface area contributed by atoms with Gasteiger partial charge in [0, 0.05) is 16.9 Å². The molecule has 0 spiro atoms. The number of thioether (sulfide) groups is 1. The monoisotopic (exact) mass is 387 g/mol. The number of hydrogen-bond donors (Lipinski definition) is 1. The molecule has 0 saturated carbocycles. The maximum absolute atomic E-state index is 12.9. The summed E-state index contributed by atoms with van der Waals surface area (Å²) in [5, 5.41) is 10.2. The van der Waals surface area contributed by atoms with Crippen LogP contribution < -0.4 is 10.1 Å². The van der Waals surface area contributed by atoms with E-state index in [9.17, 15) is 9.18 Å². The molecule has 0 bridgehead atoms. The van der Waals surface area contributed by atoms with E-state index in [1.807, 2.05) is 24.3 Å². The molecule has 1 amide bonds. The third-order valence-electron chi connectivity index (χ3n) is 3.64. The van der Waals surface area contributed by atoms with Gasteiger partial charge < -0.3 is 9.15 Å². The fourth-order valence-corrected chi connectivity index (χ4v) is 3.11. The lowest BCUT2D eigenvalue weighted by Crippen LogP contribution is -2.11. The van der Waals surface area contributed by atoms with Crippen molar-refractivity contribution >= 4 is 23.7 Å². The Labute approximate surface area is 160 Å². The zero-order chi connectivity index (χ0) is 19.1. The molecule has 3 rings (SSSR count). The van der Waals surface area contributed by atoms with Gasteiger partial charge in [-0.05, 0) is 60.7 Å². The van der Waals surface area contributed by atoms with E-state index >= 15 is 0 Å². The average Bonchev–Trinajstić information content (AvgIpc) is 3.14. The SMILES string of the molecule is COc1ccc(SCCCC(=O)Nc2nnc(-c3ccc(F)cc3)o2)cc1. The van der Waals surface area contributed by atoms with Crippen LogP contribution in [0.15, 0.2) is 57.8 Å². The molecule has 8 heteroatoms. The van der Waals surface area contributed by atoms with Crippen molar-refractivity contribution in [3.63, 3.8) is 0 Å². The molecule has 140 valence electrons. The zero-order valence-corrected chi connectivity index (χ0v) is 15.5. The number of rotatable bonds is 8. The lowest BCUT2D eigenvalue weighted by Gasteiger charge is -2.03. The molecule has 0 radical (unpaired) electrons. The van der Waals surface area contributed by atoms with Crippen molar-refractivity contribution in [1.29, 1.82) is 0 Å². The van der Waals surface area contributed by atoms with E-state index in [1.165, 1.54) is 24.3 Å². The first-order chi connectivity index (χ1) is 13.1. The van der Waals surface area contributed by atoms with Gasteiger partial charge in [-0.2, -0.15) is 0 Å². The van der Waals surface area contributed by atoms with E-state index in [1.54, 1.807) is 18.9 Å². The van der Waals surface area contributed by atoms with Gasteiger partial charge in [-0.3, -0.25) is 10.1 Å². The lowest BCUT2D eigenvalue weighted by atomic mass is 10.2. The molecular weight excluding hydrogens is 369 g/mol. The Morgan fingerprint density at radius 2 is 1.89 bits per heavy atom. The first kappa shape index (κ1) is 18.9. The van der Waals surface area contributed by atoms with Crippen LogP contribution in [-0.4, -0.2) is 29.0 Å². The smallest absolute Gasteiger partial charge is 0.322 e. The largest absolute Gasteiger partial charge is 0.497 e. The number of halogens is 1. The minimum absolute atomic E-state index is 0.0298. The second-order valence-electron chi connectivity index (χ2n) is 5.59. The molecule has 1 heterocycles. The van der Waals surface area contributed by atoms with Crippen LogP contribution in [0.2, 0.25) is 0 Å². The highest BCUT2D eigenvalue weighted by Gasteiger charge is 2.11. The van der Waals surface area contributed by atoms with Gasteiger partial charge in [0.25, 0.3) is 0 Å². The van der Waals surface area contributed by atoms with Gasteiger partial charge in [-0.15, -0.1) is 16.9 Å². The van der Waals surface area contributed by atoms with E-state index in [2.05, 4.69) is 15.5 Å². The van der Waals surface area contributed by atoms with Crippen molar-refractivity contribution in [2.45, 2.75) is 17.7 Å². The van der Waals surface area contributed by atoms with E-state index in [4.69, 9.17) is 9.15 Å². The van der Waals surface area contributed by atoms with Crippen molar-refractivity contribution in [2.75, 3.05) is 18.2 Å². The second kappa shape index (κ2) is 9.18. The molecule has 3 aromatic rings. The minimum atomic E-state index is -0.348. The maximum atomic E-state index is 12.9. The van der Waals surface area contributed by atoms with Crippen LogP contribution in [-0.2, 0) is 4.79 Å². The van der Waals surface area contributed by atoms with Gasteiger partial charge in [0.05, 0.1) is 7.11 Å². The summed E-state index contributed by atoms with van der Waals surface area (Å²) in [6.45, 7) is 0. The number of carbonyl (C=O) groups excluding carboxylic acids is 1. The van der Waals surface area contributed by atoms with Gasteiger partial charge in [0.1, 0.15) is 11.6 Å². The van der Waals surface area contributed by atoms with Gasteiger partial charge >= 0.3 is 6.01 Å². The fourth-order valence-electron chi connectivity index (χ4n) is 2.26.